The summed E-state index contributed by atoms with van der Waals surface area (Å²) in [7, 11) is 1.06. The van der Waals surface area contributed by atoms with Crippen molar-refractivity contribution in [2.45, 2.75) is 0 Å². The van der Waals surface area contributed by atoms with E-state index in [2.05, 4.69) is 4.74 Å². The molecule has 0 radical (unpaired) electrons. The number of rotatable bonds is 2. The summed E-state index contributed by atoms with van der Waals surface area (Å²) in [6.45, 7) is 0. The van der Waals surface area contributed by atoms with E-state index in [-0.39, 0.29) is 0 Å². The Morgan fingerprint density at radius 2 is 2.00 bits per heavy atom. The average Bonchev–Trinajstić information content (AvgIpc) is 2.12. The lowest BCUT2D eigenvalue weighted by Gasteiger charge is -2.07. The molecule has 0 aliphatic carbocycles. The van der Waals surface area contributed by atoms with Crippen LogP contribution in [0.5, 0.6) is 5.75 Å². The Kier molecular flexibility index (Phi) is 3.29. The van der Waals surface area contributed by atoms with Crippen molar-refractivity contribution in [1.29, 1.82) is 0 Å². The number of carbonyl (C=O) groups excluding carboxylic acids is 1. The summed E-state index contributed by atoms with van der Waals surface area (Å²) in [6.07, 6.45) is 0. The first-order chi connectivity index (χ1) is 6.49. The van der Waals surface area contributed by atoms with Gasteiger partial charge < -0.3 is 4.74 Å². The van der Waals surface area contributed by atoms with Gasteiger partial charge in [-0.2, -0.15) is 0 Å². The SMILES string of the molecule is COc1c(F)c(Cl)cc(C(=O)Cl)c1F. The van der Waals surface area contributed by atoms with Crippen molar-refractivity contribution >= 4 is 28.4 Å². The molecule has 6 heteroatoms. The Morgan fingerprint density at radius 1 is 1.43 bits per heavy atom. The fraction of sp³-hybridized carbons (Fsp3) is 0.125. The molecule has 0 unspecified atom stereocenters. The van der Waals surface area contributed by atoms with Crippen LogP contribution in [0.4, 0.5) is 8.78 Å². The van der Waals surface area contributed by atoms with E-state index in [1.807, 2.05) is 0 Å². The summed E-state index contributed by atoms with van der Waals surface area (Å²) in [5, 5.41) is -1.49. The summed E-state index contributed by atoms with van der Waals surface area (Å²) in [6, 6.07) is 0.810. The molecule has 14 heavy (non-hydrogen) atoms. The molecule has 1 aromatic rings. The van der Waals surface area contributed by atoms with E-state index in [1.165, 1.54) is 0 Å². The highest BCUT2D eigenvalue weighted by atomic mass is 35.5. The van der Waals surface area contributed by atoms with Crippen molar-refractivity contribution < 1.29 is 18.3 Å². The lowest BCUT2D eigenvalue weighted by molar-refractivity contribution is 0.107. The summed E-state index contributed by atoms with van der Waals surface area (Å²) in [5.41, 5.74) is -0.519. The van der Waals surface area contributed by atoms with E-state index in [4.69, 9.17) is 23.2 Å². The minimum atomic E-state index is -1.16. The van der Waals surface area contributed by atoms with E-state index in [0.717, 1.165) is 13.2 Å². The molecular formula is C8H4Cl2F2O2. The van der Waals surface area contributed by atoms with Crippen LogP contribution >= 0.6 is 23.2 Å². The van der Waals surface area contributed by atoms with Crippen molar-refractivity contribution in [3.63, 3.8) is 0 Å². The number of methoxy groups -OCH3 is 1. The fourth-order valence-electron chi connectivity index (χ4n) is 0.903. The molecular weight excluding hydrogens is 237 g/mol. The highest BCUT2D eigenvalue weighted by Crippen LogP contribution is 2.31. The molecule has 0 amide bonds. The van der Waals surface area contributed by atoms with Crippen molar-refractivity contribution in [2.24, 2.45) is 0 Å². The van der Waals surface area contributed by atoms with Crippen LogP contribution in [0.3, 0.4) is 0 Å². The summed E-state index contributed by atoms with van der Waals surface area (Å²) in [4.78, 5) is 10.7. The quantitative estimate of drug-likeness (QED) is 0.587. The van der Waals surface area contributed by atoms with Crippen LogP contribution in [0.2, 0.25) is 5.02 Å². The normalized spacial score (nSPS) is 10.1. The molecule has 0 bridgehead atoms. The van der Waals surface area contributed by atoms with Gasteiger partial charge in [0.2, 0.25) is 0 Å². The molecule has 0 saturated carbocycles. The molecule has 0 heterocycles. The second-order valence-electron chi connectivity index (χ2n) is 2.34. The van der Waals surface area contributed by atoms with Gasteiger partial charge in [-0.05, 0) is 17.7 Å². The molecule has 0 spiro atoms. The van der Waals surface area contributed by atoms with Gasteiger partial charge in [0.1, 0.15) is 0 Å². The lowest BCUT2D eigenvalue weighted by atomic mass is 10.2. The Labute approximate surface area is 88.4 Å². The van der Waals surface area contributed by atoms with Gasteiger partial charge in [0.25, 0.3) is 5.24 Å². The van der Waals surface area contributed by atoms with Gasteiger partial charge in [0, 0.05) is 0 Å². The monoisotopic (exact) mass is 240 g/mol. The minimum absolute atomic E-state index is 0.424. The highest BCUT2D eigenvalue weighted by Gasteiger charge is 2.21. The van der Waals surface area contributed by atoms with Gasteiger partial charge >= 0.3 is 0 Å². The van der Waals surface area contributed by atoms with Crippen molar-refractivity contribution in [1.82, 2.24) is 0 Å². The van der Waals surface area contributed by atoms with E-state index in [1.54, 1.807) is 0 Å². The maximum Gasteiger partial charge on any atom is 0.255 e. The molecule has 1 aromatic carbocycles. The van der Waals surface area contributed by atoms with Gasteiger partial charge in [-0.15, -0.1) is 0 Å². The van der Waals surface area contributed by atoms with E-state index in [9.17, 15) is 13.6 Å². The molecule has 1 rings (SSSR count). The van der Waals surface area contributed by atoms with Crippen LogP contribution in [0, 0.1) is 11.6 Å². The van der Waals surface area contributed by atoms with Crippen LogP contribution < -0.4 is 4.74 Å². The Bertz CT molecular complexity index is 393. The first kappa shape index (κ1) is 11.2. The Morgan fingerprint density at radius 3 is 2.43 bits per heavy atom. The fourth-order valence-corrected chi connectivity index (χ4v) is 1.24. The van der Waals surface area contributed by atoms with E-state index >= 15 is 0 Å². The van der Waals surface area contributed by atoms with E-state index < -0.39 is 33.2 Å². The molecule has 0 aliphatic rings. The van der Waals surface area contributed by atoms with Gasteiger partial charge in [0.05, 0.1) is 17.7 Å². The van der Waals surface area contributed by atoms with Crippen LogP contribution in [0.1, 0.15) is 10.4 Å². The molecule has 0 N–H and O–H groups in total. The molecule has 2 nitrogen and oxygen atoms in total. The second kappa shape index (κ2) is 4.11. The number of hydrogen-bond donors (Lipinski definition) is 0. The zero-order valence-electron chi connectivity index (χ0n) is 6.91. The summed E-state index contributed by atoms with van der Waals surface area (Å²) < 4.78 is 30.7. The molecule has 0 atom stereocenters. The maximum atomic E-state index is 13.2. The number of halogens is 4. The highest BCUT2D eigenvalue weighted by molar-refractivity contribution is 6.67. The van der Waals surface area contributed by atoms with Gasteiger partial charge in [-0.1, -0.05) is 11.6 Å². The van der Waals surface area contributed by atoms with Gasteiger partial charge in [0.15, 0.2) is 17.4 Å². The number of hydrogen-bond acceptors (Lipinski definition) is 2. The molecule has 0 aliphatic heterocycles. The third-order valence-electron chi connectivity index (χ3n) is 1.53. The van der Waals surface area contributed by atoms with Gasteiger partial charge in [-0.3, -0.25) is 4.79 Å². The number of ether oxygens (including phenoxy) is 1. The maximum absolute atomic E-state index is 13.2. The van der Waals surface area contributed by atoms with Crippen molar-refractivity contribution in [2.75, 3.05) is 7.11 Å². The largest absolute Gasteiger partial charge is 0.491 e. The Balaban J connectivity index is 3.50. The van der Waals surface area contributed by atoms with Crippen LogP contribution in [0.25, 0.3) is 0 Å². The first-order valence-electron chi connectivity index (χ1n) is 3.40. The third-order valence-corrected chi connectivity index (χ3v) is 2.01. The van der Waals surface area contributed by atoms with Gasteiger partial charge in [-0.25, -0.2) is 8.78 Å². The average molecular weight is 241 g/mol. The van der Waals surface area contributed by atoms with E-state index in [0.29, 0.717) is 0 Å². The van der Waals surface area contributed by atoms with Crippen molar-refractivity contribution in [3.8, 4) is 5.75 Å². The van der Waals surface area contributed by atoms with Crippen molar-refractivity contribution in [3.05, 3.63) is 28.3 Å². The van der Waals surface area contributed by atoms with Crippen LogP contribution in [-0.4, -0.2) is 12.4 Å². The third kappa shape index (κ3) is 1.81. The standard InChI is InChI=1S/C8H4Cl2F2O2/c1-14-7-5(11)3(8(10)13)2-4(9)6(7)12/h2H,1H3. The summed E-state index contributed by atoms with van der Waals surface area (Å²) >= 11 is 10.4. The topological polar surface area (TPSA) is 26.3 Å². The molecule has 0 saturated heterocycles. The molecule has 0 aromatic heterocycles. The predicted octanol–water partition coefficient (Wildman–Crippen LogP) is 3.01. The predicted molar refractivity (Wildman–Crippen MR) is 48.1 cm³/mol. The van der Waals surface area contributed by atoms with Crippen LogP contribution in [0.15, 0.2) is 6.07 Å². The lowest BCUT2D eigenvalue weighted by Crippen LogP contribution is -2.01. The number of benzene rings is 1. The smallest absolute Gasteiger partial charge is 0.255 e. The summed E-state index contributed by atoms with van der Waals surface area (Å²) in [5.74, 6) is -2.94. The molecule has 76 valence electrons. The minimum Gasteiger partial charge on any atom is -0.491 e. The number of carbonyl (C=O) groups is 1. The molecule has 0 fully saturated rings. The zero-order valence-corrected chi connectivity index (χ0v) is 8.42. The second-order valence-corrected chi connectivity index (χ2v) is 3.09. The van der Waals surface area contributed by atoms with Crippen LogP contribution in [-0.2, 0) is 0 Å². The zero-order chi connectivity index (χ0) is 10.9. The Hall–Kier alpha value is -0.870. The first-order valence-corrected chi connectivity index (χ1v) is 4.16.